The number of halogens is 2. The molecule has 0 spiro atoms. The Morgan fingerprint density at radius 2 is 1.82 bits per heavy atom. The summed E-state index contributed by atoms with van der Waals surface area (Å²) >= 11 is 11.4. The van der Waals surface area contributed by atoms with Gasteiger partial charge in [0.25, 0.3) is 0 Å². The second-order valence-electron chi connectivity index (χ2n) is 3.31. The van der Waals surface area contributed by atoms with Gasteiger partial charge in [-0.1, -0.05) is 35.3 Å². The van der Waals surface area contributed by atoms with Gasteiger partial charge in [0.2, 0.25) is 0 Å². The summed E-state index contributed by atoms with van der Waals surface area (Å²) in [7, 11) is 0. The Bertz CT molecular complexity index is 566. The Morgan fingerprint density at radius 3 is 2.41 bits per heavy atom. The smallest absolute Gasteiger partial charge is 0.153 e. The molecule has 86 valence electrons. The van der Waals surface area contributed by atoms with E-state index >= 15 is 0 Å². The first-order valence-electron chi connectivity index (χ1n) is 4.71. The van der Waals surface area contributed by atoms with Crippen molar-refractivity contribution in [2.24, 2.45) is 0 Å². The summed E-state index contributed by atoms with van der Waals surface area (Å²) in [6, 6.07) is 6.84. The maximum atomic E-state index is 7.98. The number of nitrogen functional groups attached to an aromatic ring is 1. The fraction of sp³-hybridized carbons (Fsp3) is 0. The van der Waals surface area contributed by atoms with Crippen molar-refractivity contribution in [3.63, 3.8) is 0 Å². The number of rotatable bonds is 2. The third-order valence-electron chi connectivity index (χ3n) is 2.14. The number of hydrogen-bond acceptors (Lipinski definition) is 4. The van der Waals surface area contributed by atoms with Crippen LogP contribution in [0.15, 0.2) is 30.5 Å². The first-order chi connectivity index (χ1) is 8.08. The van der Waals surface area contributed by atoms with Crippen LogP contribution in [0, 0.1) is 5.41 Å². The number of nitrogens with two attached hydrogens (primary N) is 1. The van der Waals surface area contributed by atoms with Crippen LogP contribution < -0.4 is 5.73 Å². The Morgan fingerprint density at radius 1 is 1.18 bits per heavy atom. The fourth-order valence-electron chi connectivity index (χ4n) is 1.33. The van der Waals surface area contributed by atoms with Crippen molar-refractivity contribution in [3.05, 3.63) is 51.9 Å². The molecular weight excluding hydrogens is 259 g/mol. The molecule has 17 heavy (non-hydrogen) atoms. The molecular formula is C11H8Cl2N4. The zero-order valence-electron chi connectivity index (χ0n) is 8.61. The van der Waals surface area contributed by atoms with E-state index in [1.54, 1.807) is 24.3 Å². The van der Waals surface area contributed by atoms with Gasteiger partial charge >= 0.3 is 0 Å². The van der Waals surface area contributed by atoms with Crippen molar-refractivity contribution in [3.8, 4) is 0 Å². The molecule has 0 aliphatic carbocycles. The van der Waals surface area contributed by atoms with Crippen molar-refractivity contribution in [1.82, 2.24) is 9.97 Å². The molecule has 1 aromatic heterocycles. The molecule has 0 radical (unpaired) electrons. The highest BCUT2D eigenvalue weighted by molar-refractivity contribution is 6.30. The highest BCUT2D eigenvalue weighted by atomic mass is 35.5. The van der Waals surface area contributed by atoms with Crippen LogP contribution in [0.5, 0.6) is 0 Å². The van der Waals surface area contributed by atoms with Gasteiger partial charge in [-0.25, -0.2) is 9.97 Å². The summed E-state index contributed by atoms with van der Waals surface area (Å²) in [5, 5.41) is 8.80. The van der Waals surface area contributed by atoms with Crippen molar-refractivity contribution in [1.29, 1.82) is 5.41 Å². The van der Waals surface area contributed by atoms with Crippen LogP contribution in [0.2, 0.25) is 10.2 Å². The van der Waals surface area contributed by atoms with Gasteiger partial charge in [-0.3, -0.25) is 5.41 Å². The number of anilines is 1. The van der Waals surface area contributed by atoms with E-state index in [9.17, 15) is 0 Å². The predicted octanol–water partition coefficient (Wildman–Crippen LogP) is 2.78. The summed E-state index contributed by atoms with van der Waals surface area (Å²) < 4.78 is 0. The second kappa shape index (κ2) is 4.69. The number of benzene rings is 1. The van der Waals surface area contributed by atoms with Crippen molar-refractivity contribution in [2.45, 2.75) is 0 Å². The van der Waals surface area contributed by atoms with Crippen molar-refractivity contribution >= 4 is 34.7 Å². The van der Waals surface area contributed by atoms with Crippen LogP contribution in [0.3, 0.4) is 0 Å². The average molecular weight is 267 g/mol. The zero-order chi connectivity index (χ0) is 12.4. The van der Waals surface area contributed by atoms with E-state index in [2.05, 4.69) is 9.97 Å². The first-order valence-corrected chi connectivity index (χ1v) is 5.46. The van der Waals surface area contributed by atoms with Crippen LogP contribution in [0.25, 0.3) is 0 Å². The van der Waals surface area contributed by atoms with E-state index < -0.39 is 0 Å². The van der Waals surface area contributed by atoms with E-state index in [1.807, 2.05) is 0 Å². The number of nitrogens with one attached hydrogen (secondary N) is 1. The highest BCUT2D eigenvalue weighted by Gasteiger charge is 2.11. The van der Waals surface area contributed by atoms with Crippen LogP contribution >= 0.6 is 23.2 Å². The van der Waals surface area contributed by atoms with Gasteiger partial charge in [0.05, 0.1) is 11.9 Å². The molecule has 2 rings (SSSR count). The van der Waals surface area contributed by atoms with E-state index in [1.165, 1.54) is 6.20 Å². The molecule has 0 atom stereocenters. The van der Waals surface area contributed by atoms with Crippen molar-refractivity contribution in [2.75, 3.05) is 5.73 Å². The maximum absolute atomic E-state index is 7.98. The van der Waals surface area contributed by atoms with Crippen LogP contribution in [0.1, 0.15) is 11.3 Å². The minimum atomic E-state index is 0.137. The largest absolute Gasteiger partial charge is 0.382 e. The van der Waals surface area contributed by atoms with E-state index in [0.29, 0.717) is 16.3 Å². The topological polar surface area (TPSA) is 75.7 Å². The van der Waals surface area contributed by atoms with Crippen molar-refractivity contribution < 1.29 is 0 Å². The molecule has 4 nitrogen and oxygen atoms in total. The molecule has 1 aromatic carbocycles. The fourth-order valence-corrected chi connectivity index (χ4v) is 1.59. The van der Waals surface area contributed by atoms with Gasteiger partial charge in [-0.05, 0) is 12.1 Å². The number of aromatic nitrogens is 2. The first kappa shape index (κ1) is 11.8. The van der Waals surface area contributed by atoms with Gasteiger partial charge < -0.3 is 5.73 Å². The summed E-state index contributed by atoms with van der Waals surface area (Å²) in [6.45, 7) is 0. The lowest BCUT2D eigenvalue weighted by Gasteiger charge is -2.06. The normalized spacial score (nSPS) is 10.2. The minimum Gasteiger partial charge on any atom is -0.382 e. The zero-order valence-corrected chi connectivity index (χ0v) is 10.1. The third kappa shape index (κ3) is 2.54. The number of nitrogens with zero attached hydrogens (tertiary/aromatic N) is 2. The summed E-state index contributed by atoms with van der Waals surface area (Å²) in [5.74, 6) is 0.137. The van der Waals surface area contributed by atoms with E-state index in [4.69, 9.17) is 34.3 Å². The molecule has 2 aromatic rings. The Balaban J connectivity index is 2.40. The molecule has 1 heterocycles. The molecule has 0 saturated carbocycles. The second-order valence-corrected chi connectivity index (χ2v) is 4.13. The van der Waals surface area contributed by atoms with Crippen LogP contribution in [0.4, 0.5) is 5.82 Å². The minimum absolute atomic E-state index is 0.137. The van der Waals surface area contributed by atoms with Crippen LogP contribution in [-0.4, -0.2) is 15.7 Å². The summed E-state index contributed by atoms with van der Waals surface area (Å²) in [5.41, 5.74) is 6.82. The highest BCUT2D eigenvalue weighted by Crippen LogP contribution is 2.16. The van der Waals surface area contributed by atoms with E-state index in [0.717, 1.165) is 0 Å². The SMILES string of the molecule is N=C(c1ccc(Cl)cc1)c1ncc(Cl)nc1N. The lowest BCUT2D eigenvalue weighted by atomic mass is 10.1. The molecule has 0 amide bonds. The molecule has 0 aliphatic rings. The van der Waals surface area contributed by atoms with E-state index in [-0.39, 0.29) is 16.7 Å². The Labute approximate surface area is 108 Å². The van der Waals surface area contributed by atoms with Crippen LogP contribution in [-0.2, 0) is 0 Å². The predicted molar refractivity (Wildman–Crippen MR) is 68.8 cm³/mol. The van der Waals surface area contributed by atoms with Gasteiger partial charge in [0.1, 0.15) is 10.8 Å². The quantitative estimate of drug-likeness (QED) is 0.821. The molecule has 0 fully saturated rings. The van der Waals surface area contributed by atoms with Gasteiger partial charge in [0, 0.05) is 10.6 Å². The molecule has 3 N–H and O–H groups in total. The number of hydrogen-bond donors (Lipinski definition) is 2. The monoisotopic (exact) mass is 266 g/mol. The molecule has 0 bridgehead atoms. The summed E-state index contributed by atoms with van der Waals surface area (Å²) in [6.07, 6.45) is 1.36. The third-order valence-corrected chi connectivity index (χ3v) is 2.57. The van der Waals surface area contributed by atoms with Gasteiger partial charge in [0.15, 0.2) is 5.82 Å². The average Bonchev–Trinajstić information content (AvgIpc) is 2.29. The molecule has 0 aliphatic heterocycles. The lowest BCUT2D eigenvalue weighted by molar-refractivity contribution is 1.18. The standard InChI is InChI=1S/C11H8Cl2N4/c12-7-3-1-6(2-4-7)9(14)10-11(15)17-8(13)5-16-10/h1-5,14H,(H2,15,17). The summed E-state index contributed by atoms with van der Waals surface area (Å²) in [4.78, 5) is 7.85. The molecule has 0 unspecified atom stereocenters. The Kier molecular flexibility index (Phi) is 3.26. The Hall–Kier alpha value is -1.65. The molecule has 6 heteroatoms. The lowest BCUT2D eigenvalue weighted by Crippen LogP contribution is -2.09. The van der Waals surface area contributed by atoms with Gasteiger partial charge in [-0.15, -0.1) is 0 Å². The molecule has 0 saturated heterocycles. The maximum Gasteiger partial charge on any atom is 0.153 e. The van der Waals surface area contributed by atoms with Gasteiger partial charge in [-0.2, -0.15) is 0 Å².